The van der Waals surface area contributed by atoms with Gasteiger partial charge in [0.05, 0.1) is 19.9 Å². The number of halogens is 1. The van der Waals surface area contributed by atoms with E-state index < -0.39 is 5.82 Å². The minimum absolute atomic E-state index is 0.173. The molecule has 134 valence electrons. The minimum atomic E-state index is -0.411. The van der Waals surface area contributed by atoms with Crippen molar-refractivity contribution in [1.29, 1.82) is 0 Å². The van der Waals surface area contributed by atoms with Crippen LogP contribution in [0.15, 0.2) is 59.7 Å². The second kappa shape index (κ2) is 7.69. The van der Waals surface area contributed by atoms with Crippen molar-refractivity contribution >= 4 is 5.82 Å². The summed E-state index contributed by atoms with van der Waals surface area (Å²) >= 11 is 0. The largest absolute Gasteiger partial charge is 0.493 e. The molecule has 0 fully saturated rings. The van der Waals surface area contributed by atoms with Crippen LogP contribution in [0.2, 0.25) is 0 Å². The van der Waals surface area contributed by atoms with E-state index in [9.17, 15) is 9.18 Å². The van der Waals surface area contributed by atoms with Gasteiger partial charge >= 0.3 is 0 Å². The Labute approximate surface area is 149 Å². The first-order chi connectivity index (χ1) is 12.6. The molecule has 1 N–H and O–H groups in total. The van der Waals surface area contributed by atoms with Crippen molar-refractivity contribution in [1.82, 2.24) is 9.55 Å². The van der Waals surface area contributed by atoms with E-state index in [1.165, 1.54) is 29.1 Å². The van der Waals surface area contributed by atoms with E-state index in [0.29, 0.717) is 23.7 Å². The van der Waals surface area contributed by atoms with Crippen LogP contribution in [0, 0.1) is 5.82 Å². The van der Waals surface area contributed by atoms with Crippen molar-refractivity contribution in [2.75, 3.05) is 19.5 Å². The number of hydrogen-bond donors (Lipinski definition) is 1. The second-order valence-corrected chi connectivity index (χ2v) is 5.47. The fourth-order valence-corrected chi connectivity index (χ4v) is 2.54. The molecule has 7 heteroatoms. The van der Waals surface area contributed by atoms with E-state index in [2.05, 4.69) is 10.3 Å². The van der Waals surface area contributed by atoms with Crippen molar-refractivity contribution in [3.05, 3.63) is 76.6 Å². The third kappa shape index (κ3) is 3.66. The number of methoxy groups -OCH3 is 2. The molecule has 1 heterocycles. The maximum Gasteiger partial charge on any atom is 0.297 e. The molecule has 0 unspecified atom stereocenters. The molecule has 0 amide bonds. The van der Waals surface area contributed by atoms with Crippen molar-refractivity contribution in [2.24, 2.45) is 0 Å². The van der Waals surface area contributed by atoms with Gasteiger partial charge < -0.3 is 14.8 Å². The number of nitrogens with zero attached hydrogens (tertiary/aromatic N) is 2. The van der Waals surface area contributed by atoms with Crippen LogP contribution >= 0.6 is 0 Å². The molecule has 3 aromatic rings. The van der Waals surface area contributed by atoms with Gasteiger partial charge in [-0.25, -0.2) is 9.37 Å². The molecule has 0 atom stereocenters. The van der Waals surface area contributed by atoms with Gasteiger partial charge in [0, 0.05) is 18.9 Å². The van der Waals surface area contributed by atoms with Gasteiger partial charge in [-0.3, -0.25) is 9.36 Å². The van der Waals surface area contributed by atoms with Crippen molar-refractivity contribution in [3.8, 4) is 17.2 Å². The van der Waals surface area contributed by atoms with Gasteiger partial charge in [-0.1, -0.05) is 12.1 Å². The maximum atomic E-state index is 13.4. The van der Waals surface area contributed by atoms with Crippen LogP contribution in [0.3, 0.4) is 0 Å². The SMILES string of the molecule is COc1ccc(CNc2nccn(-c3cccc(F)c3)c2=O)cc1OC. The summed E-state index contributed by atoms with van der Waals surface area (Å²) in [4.78, 5) is 16.7. The van der Waals surface area contributed by atoms with Gasteiger partial charge in [-0.15, -0.1) is 0 Å². The van der Waals surface area contributed by atoms with E-state index in [0.717, 1.165) is 5.56 Å². The molecule has 2 aromatic carbocycles. The lowest BCUT2D eigenvalue weighted by Gasteiger charge is -2.11. The Hall–Kier alpha value is -3.35. The standard InChI is InChI=1S/C19H18FN3O3/c1-25-16-7-6-13(10-17(16)26-2)12-22-18-19(24)23(9-8-21-18)15-5-3-4-14(20)11-15/h3-11H,12H2,1-2H3,(H,21,22). The van der Waals surface area contributed by atoms with Crippen LogP contribution in [-0.4, -0.2) is 23.8 Å². The normalized spacial score (nSPS) is 10.4. The highest BCUT2D eigenvalue weighted by Gasteiger charge is 2.09. The summed E-state index contributed by atoms with van der Waals surface area (Å²) in [6.07, 6.45) is 2.99. The highest BCUT2D eigenvalue weighted by atomic mass is 19.1. The Morgan fingerprint density at radius 3 is 2.65 bits per heavy atom. The number of nitrogens with one attached hydrogen (secondary N) is 1. The minimum Gasteiger partial charge on any atom is -0.493 e. The third-order valence-electron chi connectivity index (χ3n) is 3.84. The number of anilines is 1. The first kappa shape index (κ1) is 17.5. The summed E-state index contributed by atoms with van der Waals surface area (Å²) in [5.41, 5.74) is 0.968. The first-order valence-electron chi connectivity index (χ1n) is 7.90. The first-order valence-corrected chi connectivity index (χ1v) is 7.90. The Kier molecular flexibility index (Phi) is 5.17. The van der Waals surface area contributed by atoms with Gasteiger partial charge in [0.2, 0.25) is 0 Å². The predicted octanol–water partition coefficient (Wildman–Crippen LogP) is 3.00. The fraction of sp³-hybridized carbons (Fsp3) is 0.158. The Balaban J connectivity index is 1.83. The molecule has 0 saturated carbocycles. The Bertz CT molecular complexity index is 972. The van der Waals surface area contributed by atoms with Crippen LogP contribution in [0.5, 0.6) is 11.5 Å². The summed E-state index contributed by atoms with van der Waals surface area (Å²) in [5, 5.41) is 3.01. The number of rotatable bonds is 6. The number of aromatic nitrogens is 2. The molecule has 26 heavy (non-hydrogen) atoms. The monoisotopic (exact) mass is 355 g/mol. The smallest absolute Gasteiger partial charge is 0.297 e. The van der Waals surface area contributed by atoms with E-state index in [4.69, 9.17) is 9.47 Å². The molecule has 0 radical (unpaired) electrons. The van der Waals surface area contributed by atoms with Crippen molar-refractivity contribution < 1.29 is 13.9 Å². The molecule has 0 aliphatic rings. The zero-order valence-corrected chi connectivity index (χ0v) is 14.4. The molecule has 3 rings (SSSR count). The van der Waals surface area contributed by atoms with Crippen molar-refractivity contribution in [3.63, 3.8) is 0 Å². The lowest BCUT2D eigenvalue weighted by Crippen LogP contribution is -2.23. The van der Waals surface area contributed by atoms with Crippen LogP contribution in [0.4, 0.5) is 10.2 Å². The molecule has 0 saturated heterocycles. The highest BCUT2D eigenvalue weighted by molar-refractivity contribution is 5.44. The summed E-state index contributed by atoms with van der Waals surface area (Å²) in [6, 6.07) is 11.3. The molecular formula is C19H18FN3O3. The molecule has 0 spiro atoms. The summed E-state index contributed by atoms with van der Waals surface area (Å²) in [6.45, 7) is 0.371. The Morgan fingerprint density at radius 1 is 1.12 bits per heavy atom. The Morgan fingerprint density at radius 2 is 1.92 bits per heavy atom. The average Bonchev–Trinajstić information content (AvgIpc) is 2.67. The topological polar surface area (TPSA) is 65.4 Å². The number of hydrogen-bond acceptors (Lipinski definition) is 5. The molecule has 0 aliphatic carbocycles. The second-order valence-electron chi connectivity index (χ2n) is 5.47. The van der Waals surface area contributed by atoms with Crippen LogP contribution in [0.1, 0.15) is 5.56 Å². The summed E-state index contributed by atoms with van der Waals surface area (Å²) < 4.78 is 25.2. The van der Waals surface area contributed by atoms with E-state index >= 15 is 0 Å². The van der Waals surface area contributed by atoms with E-state index in [-0.39, 0.29) is 11.4 Å². The zero-order valence-electron chi connectivity index (χ0n) is 14.4. The lowest BCUT2D eigenvalue weighted by molar-refractivity contribution is 0.354. The molecular weight excluding hydrogens is 337 g/mol. The molecule has 1 aromatic heterocycles. The number of benzene rings is 2. The number of ether oxygens (including phenoxy) is 2. The van der Waals surface area contributed by atoms with Crippen LogP contribution < -0.4 is 20.3 Å². The van der Waals surface area contributed by atoms with Gasteiger partial charge in [0.1, 0.15) is 5.82 Å². The lowest BCUT2D eigenvalue weighted by atomic mass is 10.2. The van der Waals surface area contributed by atoms with Gasteiger partial charge in [-0.2, -0.15) is 0 Å². The summed E-state index contributed by atoms with van der Waals surface area (Å²) in [7, 11) is 3.13. The molecule has 0 aliphatic heterocycles. The van der Waals surface area contributed by atoms with Crippen LogP contribution in [0.25, 0.3) is 5.69 Å². The fourth-order valence-electron chi connectivity index (χ4n) is 2.54. The van der Waals surface area contributed by atoms with E-state index in [1.807, 2.05) is 12.1 Å². The van der Waals surface area contributed by atoms with Gasteiger partial charge in [0.15, 0.2) is 17.3 Å². The average molecular weight is 355 g/mol. The summed E-state index contributed by atoms with van der Waals surface area (Å²) in [5.74, 6) is 0.991. The predicted molar refractivity (Wildman–Crippen MR) is 96.7 cm³/mol. The third-order valence-corrected chi connectivity index (χ3v) is 3.84. The zero-order chi connectivity index (χ0) is 18.5. The maximum absolute atomic E-state index is 13.4. The van der Waals surface area contributed by atoms with Crippen molar-refractivity contribution in [2.45, 2.75) is 6.54 Å². The van der Waals surface area contributed by atoms with Gasteiger partial charge in [-0.05, 0) is 35.9 Å². The van der Waals surface area contributed by atoms with Crippen LogP contribution in [-0.2, 0) is 6.54 Å². The highest BCUT2D eigenvalue weighted by Crippen LogP contribution is 2.27. The van der Waals surface area contributed by atoms with Gasteiger partial charge in [0.25, 0.3) is 5.56 Å². The quantitative estimate of drug-likeness (QED) is 0.736. The van der Waals surface area contributed by atoms with E-state index in [1.54, 1.807) is 32.4 Å². The molecule has 6 nitrogen and oxygen atoms in total. The molecule has 0 bridgehead atoms.